The fourth-order valence-electron chi connectivity index (χ4n) is 4.63. The van der Waals surface area contributed by atoms with E-state index in [0.29, 0.717) is 13.1 Å². The zero-order valence-electron chi connectivity index (χ0n) is 19.0. The van der Waals surface area contributed by atoms with E-state index in [9.17, 15) is 4.79 Å². The lowest BCUT2D eigenvalue weighted by molar-refractivity contribution is 0.161. The number of benzene rings is 2. The highest BCUT2D eigenvalue weighted by Gasteiger charge is 2.27. The molecule has 0 saturated heterocycles. The number of anilines is 1. The molecule has 3 aromatic rings. The molecular formula is C27H32ClN3O. The molecule has 32 heavy (non-hydrogen) atoms. The zero-order chi connectivity index (χ0) is 22.5. The summed E-state index contributed by atoms with van der Waals surface area (Å²) >= 11 is 6.40. The van der Waals surface area contributed by atoms with Crippen LogP contribution in [-0.4, -0.2) is 21.5 Å². The quantitative estimate of drug-likeness (QED) is 0.425. The van der Waals surface area contributed by atoms with Crippen molar-refractivity contribution >= 4 is 23.3 Å². The van der Waals surface area contributed by atoms with Crippen LogP contribution < -0.4 is 5.32 Å². The number of amides is 2. The number of nitrogens with zero attached hydrogens (tertiary/aromatic N) is 2. The van der Waals surface area contributed by atoms with Gasteiger partial charge in [-0.2, -0.15) is 0 Å². The normalized spacial score (nSPS) is 14.3. The van der Waals surface area contributed by atoms with Crippen LogP contribution in [0.4, 0.5) is 10.5 Å². The summed E-state index contributed by atoms with van der Waals surface area (Å²) in [5, 5.41) is 3.95. The third-order valence-corrected chi connectivity index (χ3v) is 6.82. The Hall–Kier alpha value is -2.72. The first-order valence-electron chi connectivity index (χ1n) is 11.5. The molecule has 4 rings (SSSR count). The van der Waals surface area contributed by atoms with Gasteiger partial charge >= 0.3 is 6.03 Å². The average Bonchev–Trinajstić information content (AvgIpc) is 3.23. The summed E-state index contributed by atoms with van der Waals surface area (Å²) in [5.41, 5.74) is 5.36. The predicted octanol–water partition coefficient (Wildman–Crippen LogP) is 7.17. The standard InChI is InChI=1S/C27H32ClN3O/c1-20-14-15-26(21(2)17-20)29-27(32)31(23-10-4-3-5-11-23)19-24-12-8-16-30(24)18-22-9-6-7-13-25(22)28/h6-9,12-17,23H,3-5,10-11,18-19H2,1-2H3,(H,29,32). The molecule has 1 N–H and O–H groups in total. The average molecular weight is 450 g/mol. The SMILES string of the molecule is Cc1ccc(NC(=O)N(Cc2cccn2Cc2ccccc2Cl)C2CCCCC2)c(C)c1. The highest BCUT2D eigenvalue weighted by atomic mass is 35.5. The highest BCUT2D eigenvalue weighted by Crippen LogP contribution is 2.26. The van der Waals surface area contributed by atoms with Gasteiger partial charge in [0.1, 0.15) is 0 Å². The van der Waals surface area contributed by atoms with Crippen molar-refractivity contribution in [2.45, 2.75) is 65.1 Å². The molecule has 0 radical (unpaired) electrons. The highest BCUT2D eigenvalue weighted by molar-refractivity contribution is 6.31. The number of urea groups is 1. The van der Waals surface area contributed by atoms with Gasteiger partial charge in [-0.15, -0.1) is 0 Å². The Morgan fingerprint density at radius 1 is 1.06 bits per heavy atom. The molecule has 0 atom stereocenters. The second-order valence-corrected chi connectivity index (χ2v) is 9.29. The fourth-order valence-corrected chi connectivity index (χ4v) is 4.83. The maximum absolute atomic E-state index is 13.5. The van der Waals surface area contributed by atoms with Crippen LogP contribution in [-0.2, 0) is 13.1 Å². The number of hydrogen-bond donors (Lipinski definition) is 1. The monoisotopic (exact) mass is 449 g/mol. The zero-order valence-corrected chi connectivity index (χ0v) is 19.7. The molecule has 1 heterocycles. The van der Waals surface area contributed by atoms with E-state index in [1.54, 1.807) is 0 Å². The molecule has 1 aromatic heterocycles. The van der Waals surface area contributed by atoms with E-state index in [-0.39, 0.29) is 12.1 Å². The topological polar surface area (TPSA) is 37.3 Å². The van der Waals surface area contributed by atoms with Crippen molar-refractivity contribution in [2.24, 2.45) is 0 Å². The minimum atomic E-state index is -0.0191. The minimum absolute atomic E-state index is 0.0191. The number of nitrogens with one attached hydrogen (secondary N) is 1. The van der Waals surface area contributed by atoms with Gasteiger partial charge in [0.25, 0.3) is 0 Å². The second-order valence-electron chi connectivity index (χ2n) is 8.89. The van der Waals surface area contributed by atoms with Gasteiger partial charge < -0.3 is 14.8 Å². The molecule has 4 nitrogen and oxygen atoms in total. The van der Waals surface area contributed by atoms with Crippen molar-refractivity contribution in [1.29, 1.82) is 0 Å². The summed E-state index contributed by atoms with van der Waals surface area (Å²) in [4.78, 5) is 15.5. The van der Waals surface area contributed by atoms with Crippen molar-refractivity contribution in [3.8, 4) is 0 Å². The van der Waals surface area contributed by atoms with Crippen molar-refractivity contribution < 1.29 is 4.79 Å². The van der Waals surface area contributed by atoms with Gasteiger partial charge in [-0.1, -0.05) is 66.8 Å². The largest absolute Gasteiger partial charge is 0.345 e. The summed E-state index contributed by atoms with van der Waals surface area (Å²) in [6.07, 6.45) is 7.81. The van der Waals surface area contributed by atoms with Gasteiger partial charge in [0.2, 0.25) is 0 Å². The lowest BCUT2D eigenvalue weighted by Gasteiger charge is -2.35. The molecule has 2 aromatic carbocycles. The maximum atomic E-state index is 13.5. The van der Waals surface area contributed by atoms with Gasteiger partial charge in [0.15, 0.2) is 0 Å². The summed E-state index contributed by atoms with van der Waals surface area (Å²) in [7, 11) is 0. The number of hydrogen-bond acceptors (Lipinski definition) is 1. The Labute approximate surface area is 196 Å². The Morgan fingerprint density at radius 2 is 1.84 bits per heavy atom. The van der Waals surface area contributed by atoms with Crippen LogP contribution in [0.2, 0.25) is 5.02 Å². The van der Waals surface area contributed by atoms with Crippen molar-refractivity contribution in [3.63, 3.8) is 0 Å². The molecule has 1 aliphatic rings. The summed E-state index contributed by atoms with van der Waals surface area (Å²) < 4.78 is 2.20. The van der Waals surface area contributed by atoms with E-state index in [4.69, 9.17) is 11.6 Å². The molecule has 5 heteroatoms. The van der Waals surface area contributed by atoms with Gasteiger partial charge in [-0.25, -0.2) is 4.79 Å². The van der Waals surface area contributed by atoms with E-state index in [2.05, 4.69) is 41.2 Å². The molecule has 2 amide bonds. The van der Waals surface area contributed by atoms with Crippen LogP contribution in [0, 0.1) is 13.8 Å². The number of halogens is 1. The number of aryl methyl sites for hydroxylation is 2. The van der Waals surface area contributed by atoms with Gasteiger partial charge in [-0.05, 0) is 62.1 Å². The molecule has 0 unspecified atom stereocenters. The number of aromatic nitrogens is 1. The number of carbonyl (C=O) groups is 1. The molecule has 0 aliphatic heterocycles. The molecule has 1 aliphatic carbocycles. The molecule has 1 fully saturated rings. The van der Waals surface area contributed by atoms with Crippen LogP contribution in [0.15, 0.2) is 60.8 Å². The van der Waals surface area contributed by atoms with Crippen LogP contribution in [0.25, 0.3) is 0 Å². The van der Waals surface area contributed by atoms with Crippen molar-refractivity contribution in [2.75, 3.05) is 5.32 Å². The molecule has 1 saturated carbocycles. The maximum Gasteiger partial charge on any atom is 0.322 e. The van der Waals surface area contributed by atoms with E-state index < -0.39 is 0 Å². The molecule has 0 spiro atoms. The smallest absolute Gasteiger partial charge is 0.322 e. The first-order valence-corrected chi connectivity index (χ1v) is 11.9. The van der Waals surface area contributed by atoms with Crippen molar-refractivity contribution in [1.82, 2.24) is 9.47 Å². The first kappa shape index (κ1) is 22.5. The molecular weight excluding hydrogens is 418 g/mol. The number of carbonyl (C=O) groups excluding carboxylic acids is 1. The Balaban J connectivity index is 1.56. The van der Waals surface area contributed by atoms with E-state index in [1.807, 2.05) is 48.2 Å². The van der Waals surface area contributed by atoms with Gasteiger partial charge in [-0.3, -0.25) is 0 Å². The van der Waals surface area contributed by atoms with E-state index in [1.165, 1.54) is 24.8 Å². The first-order chi connectivity index (χ1) is 15.5. The van der Waals surface area contributed by atoms with Crippen LogP contribution in [0.3, 0.4) is 0 Å². The van der Waals surface area contributed by atoms with E-state index in [0.717, 1.165) is 40.4 Å². The minimum Gasteiger partial charge on any atom is -0.345 e. The third kappa shape index (κ3) is 5.36. The van der Waals surface area contributed by atoms with Gasteiger partial charge in [0, 0.05) is 35.2 Å². The Bertz CT molecular complexity index is 1070. The Morgan fingerprint density at radius 3 is 2.59 bits per heavy atom. The second kappa shape index (κ2) is 10.3. The van der Waals surface area contributed by atoms with Gasteiger partial charge in [0.05, 0.1) is 6.54 Å². The third-order valence-electron chi connectivity index (χ3n) is 6.45. The molecule has 168 valence electrons. The van der Waals surface area contributed by atoms with E-state index >= 15 is 0 Å². The lowest BCUT2D eigenvalue weighted by Crippen LogP contribution is -2.43. The Kier molecular flexibility index (Phi) is 7.21. The van der Waals surface area contributed by atoms with Crippen LogP contribution in [0.5, 0.6) is 0 Å². The summed E-state index contributed by atoms with van der Waals surface area (Å²) in [6.45, 7) is 5.39. The number of rotatable bonds is 6. The van der Waals surface area contributed by atoms with Crippen LogP contribution >= 0.6 is 11.6 Å². The van der Waals surface area contributed by atoms with Crippen LogP contribution in [0.1, 0.15) is 54.5 Å². The predicted molar refractivity (Wildman–Crippen MR) is 132 cm³/mol. The summed E-state index contributed by atoms with van der Waals surface area (Å²) in [5.74, 6) is 0. The fraction of sp³-hybridized carbons (Fsp3) is 0.370. The summed E-state index contributed by atoms with van der Waals surface area (Å²) in [6, 6.07) is 18.5. The molecule has 0 bridgehead atoms. The lowest BCUT2D eigenvalue weighted by atomic mass is 9.94. The van der Waals surface area contributed by atoms with Crippen molar-refractivity contribution in [3.05, 3.63) is 88.2 Å².